The molecular formula is C10H8FN3O3. The maximum absolute atomic E-state index is 13.2. The first-order valence-electron chi connectivity index (χ1n) is 4.67. The van der Waals surface area contributed by atoms with Crippen LogP contribution in [0.5, 0.6) is 0 Å². The maximum Gasteiger partial charge on any atom is 0.364 e. The second-order valence-corrected chi connectivity index (χ2v) is 3.17. The average molecular weight is 237 g/mol. The van der Waals surface area contributed by atoms with Crippen molar-refractivity contribution in [2.24, 2.45) is 0 Å². The molecule has 0 saturated heterocycles. The number of esters is 1. The Hall–Kier alpha value is -2.44. The van der Waals surface area contributed by atoms with Crippen molar-refractivity contribution >= 4 is 11.8 Å². The molecule has 6 nitrogen and oxygen atoms in total. The van der Waals surface area contributed by atoms with Gasteiger partial charge in [0.15, 0.2) is 0 Å². The molecule has 0 spiro atoms. The standard InChI is InChI=1S/C10H8FN3O3/c11-7-4-2-1-3-6(7)5-16-10(15)8-9(12)14-17-13-8/h1-4H,5H2,(H2,12,14). The molecular weight excluding hydrogens is 229 g/mol. The molecule has 0 saturated carbocycles. The van der Waals surface area contributed by atoms with Crippen LogP contribution in [0.15, 0.2) is 28.9 Å². The molecule has 2 rings (SSSR count). The molecule has 1 aromatic heterocycles. The van der Waals surface area contributed by atoms with Gasteiger partial charge in [0.25, 0.3) is 0 Å². The van der Waals surface area contributed by atoms with E-state index in [0.717, 1.165) is 0 Å². The molecule has 0 aliphatic heterocycles. The highest BCUT2D eigenvalue weighted by Gasteiger charge is 2.17. The number of hydrogen-bond donors (Lipinski definition) is 1. The van der Waals surface area contributed by atoms with Gasteiger partial charge < -0.3 is 10.5 Å². The monoisotopic (exact) mass is 237 g/mol. The van der Waals surface area contributed by atoms with Crippen molar-refractivity contribution in [1.82, 2.24) is 10.3 Å². The lowest BCUT2D eigenvalue weighted by molar-refractivity contribution is 0.0457. The lowest BCUT2D eigenvalue weighted by Crippen LogP contribution is -2.09. The molecule has 17 heavy (non-hydrogen) atoms. The van der Waals surface area contributed by atoms with Crippen LogP contribution in [0.1, 0.15) is 16.1 Å². The zero-order valence-corrected chi connectivity index (χ0v) is 8.59. The highest BCUT2D eigenvalue weighted by atomic mass is 19.1. The Morgan fingerprint density at radius 1 is 1.41 bits per heavy atom. The van der Waals surface area contributed by atoms with E-state index >= 15 is 0 Å². The van der Waals surface area contributed by atoms with Crippen LogP contribution < -0.4 is 5.73 Å². The van der Waals surface area contributed by atoms with Gasteiger partial charge >= 0.3 is 5.97 Å². The van der Waals surface area contributed by atoms with E-state index in [4.69, 9.17) is 10.5 Å². The molecule has 0 aliphatic rings. The number of halogens is 1. The van der Waals surface area contributed by atoms with Gasteiger partial charge in [0, 0.05) is 5.56 Å². The summed E-state index contributed by atoms with van der Waals surface area (Å²) in [6.45, 7) is -0.211. The SMILES string of the molecule is Nc1nonc1C(=O)OCc1ccccc1F. The maximum atomic E-state index is 13.2. The summed E-state index contributed by atoms with van der Waals surface area (Å²) in [7, 11) is 0. The van der Waals surface area contributed by atoms with Gasteiger partial charge in [-0.15, -0.1) is 0 Å². The summed E-state index contributed by atoms with van der Waals surface area (Å²) in [4.78, 5) is 11.4. The number of hydrogen-bond acceptors (Lipinski definition) is 6. The van der Waals surface area contributed by atoms with Gasteiger partial charge in [0.2, 0.25) is 11.5 Å². The lowest BCUT2D eigenvalue weighted by atomic mass is 10.2. The minimum absolute atomic E-state index is 0.163. The second kappa shape index (κ2) is 4.60. The van der Waals surface area contributed by atoms with Crippen molar-refractivity contribution < 1.29 is 18.6 Å². The van der Waals surface area contributed by atoms with E-state index < -0.39 is 11.8 Å². The van der Waals surface area contributed by atoms with E-state index in [1.165, 1.54) is 12.1 Å². The van der Waals surface area contributed by atoms with Crippen molar-refractivity contribution in [1.29, 1.82) is 0 Å². The van der Waals surface area contributed by atoms with Gasteiger partial charge in [-0.3, -0.25) is 0 Å². The van der Waals surface area contributed by atoms with Crippen molar-refractivity contribution in [2.45, 2.75) is 6.61 Å². The third kappa shape index (κ3) is 2.39. The first-order valence-corrected chi connectivity index (χ1v) is 4.67. The summed E-state index contributed by atoms with van der Waals surface area (Å²) in [6, 6.07) is 5.96. The molecule has 88 valence electrons. The predicted molar refractivity (Wildman–Crippen MR) is 54.2 cm³/mol. The molecule has 0 atom stereocenters. The van der Waals surface area contributed by atoms with E-state index in [-0.39, 0.29) is 23.7 Å². The van der Waals surface area contributed by atoms with Crippen LogP contribution in [0.2, 0.25) is 0 Å². The normalized spacial score (nSPS) is 10.2. The zero-order chi connectivity index (χ0) is 12.3. The minimum atomic E-state index is -0.813. The molecule has 0 fully saturated rings. The van der Waals surface area contributed by atoms with Crippen LogP contribution in [0.4, 0.5) is 10.2 Å². The highest BCUT2D eigenvalue weighted by molar-refractivity contribution is 5.91. The Kier molecular flexibility index (Phi) is 2.99. The molecule has 1 heterocycles. The third-order valence-corrected chi connectivity index (χ3v) is 2.02. The van der Waals surface area contributed by atoms with Crippen molar-refractivity contribution in [3.8, 4) is 0 Å². The molecule has 0 radical (unpaired) electrons. The first kappa shape index (κ1) is 11.1. The Morgan fingerprint density at radius 2 is 2.18 bits per heavy atom. The molecule has 0 unspecified atom stereocenters. The fourth-order valence-electron chi connectivity index (χ4n) is 1.16. The van der Waals surface area contributed by atoms with Gasteiger partial charge in [-0.2, -0.15) is 0 Å². The number of nitrogen functional groups attached to an aromatic ring is 1. The van der Waals surface area contributed by atoms with Crippen LogP contribution in [0.25, 0.3) is 0 Å². The number of benzene rings is 1. The van der Waals surface area contributed by atoms with E-state index in [1.807, 2.05) is 0 Å². The molecule has 1 aromatic carbocycles. The van der Waals surface area contributed by atoms with Crippen LogP contribution in [-0.2, 0) is 11.3 Å². The average Bonchev–Trinajstić information content (AvgIpc) is 2.74. The Labute approximate surface area is 95.1 Å². The Morgan fingerprint density at radius 3 is 2.82 bits per heavy atom. The molecule has 0 bridgehead atoms. The topological polar surface area (TPSA) is 91.2 Å². The summed E-state index contributed by atoms with van der Waals surface area (Å²) in [5.41, 5.74) is 5.34. The smallest absolute Gasteiger partial charge is 0.364 e. The summed E-state index contributed by atoms with van der Waals surface area (Å²) in [5.74, 6) is -1.43. The van der Waals surface area contributed by atoms with Crippen LogP contribution in [0.3, 0.4) is 0 Å². The quantitative estimate of drug-likeness (QED) is 0.805. The van der Waals surface area contributed by atoms with Gasteiger partial charge in [0.1, 0.15) is 12.4 Å². The summed E-state index contributed by atoms with van der Waals surface area (Å²) in [5, 5.41) is 6.50. The highest BCUT2D eigenvalue weighted by Crippen LogP contribution is 2.11. The van der Waals surface area contributed by atoms with Crippen LogP contribution in [0, 0.1) is 5.82 Å². The number of aromatic nitrogens is 2. The molecule has 0 amide bonds. The number of ether oxygens (including phenoxy) is 1. The largest absolute Gasteiger partial charge is 0.456 e. The summed E-state index contributed by atoms with van der Waals surface area (Å²) < 4.78 is 22.3. The molecule has 2 N–H and O–H groups in total. The van der Waals surface area contributed by atoms with E-state index in [1.54, 1.807) is 12.1 Å². The van der Waals surface area contributed by atoms with Crippen LogP contribution in [-0.4, -0.2) is 16.3 Å². The van der Waals surface area contributed by atoms with Gasteiger partial charge in [-0.25, -0.2) is 13.8 Å². The summed E-state index contributed by atoms with van der Waals surface area (Å²) in [6.07, 6.45) is 0. The molecule has 0 aliphatic carbocycles. The number of nitrogens with two attached hydrogens (primary N) is 1. The molecule has 7 heteroatoms. The number of anilines is 1. The number of carbonyl (C=O) groups is 1. The van der Waals surface area contributed by atoms with Gasteiger partial charge in [-0.05, 0) is 16.4 Å². The van der Waals surface area contributed by atoms with E-state index in [9.17, 15) is 9.18 Å². The van der Waals surface area contributed by atoms with Crippen molar-refractivity contribution in [3.63, 3.8) is 0 Å². The first-order chi connectivity index (χ1) is 8.18. The number of nitrogens with zero attached hydrogens (tertiary/aromatic N) is 2. The number of rotatable bonds is 3. The molecule has 2 aromatic rings. The van der Waals surface area contributed by atoms with Gasteiger partial charge in [-0.1, -0.05) is 18.2 Å². The Balaban J connectivity index is 2.02. The summed E-state index contributed by atoms with van der Waals surface area (Å²) >= 11 is 0. The minimum Gasteiger partial charge on any atom is -0.456 e. The fourth-order valence-corrected chi connectivity index (χ4v) is 1.16. The van der Waals surface area contributed by atoms with E-state index in [0.29, 0.717) is 0 Å². The lowest BCUT2D eigenvalue weighted by Gasteiger charge is -2.03. The van der Waals surface area contributed by atoms with Crippen LogP contribution >= 0.6 is 0 Å². The van der Waals surface area contributed by atoms with Crippen molar-refractivity contribution in [2.75, 3.05) is 5.73 Å². The third-order valence-electron chi connectivity index (χ3n) is 2.02. The fraction of sp³-hybridized carbons (Fsp3) is 0.100. The Bertz CT molecular complexity index is 541. The van der Waals surface area contributed by atoms with E-state index in [2.05, 4.69) is 14.9 Å². The van der Waals surface area contributed by atoms with Gasteiger partial charge in [0.05, 0.1) is 0 Å². The zero-order valence-electron chi connectivity index (χ0n) is 8.59. The number of carbonyl (C=O) groups excluding carboxylic acids is 1. The second-order valence-electron chi connectivity index (χ2n) is 3.17. The van der Waals surface area contributed by atoms with Crippen molar-refractivity contribution in [3.05, 3.63) is 41.3 Å². The predicted octanol–water partition coefficient (Wildman–Crippen LogP) is 1.15.